The second-order valence-corrected chi connectivity index (χ2v) is 6.79. The first-order valence-electron chi connectivity index (χ1n) is 7.83. The average Bonchev–Trinajstić information content (AvgIpc) is 2.52. The molecule has 0 aliphatic carbocycles. The highest BCUT2D eigenvalue weighted by Crippen LogP contribution is 2.19. The molecule has 24 heavy (non-hydrogen) atoms. The minimum atomic E-state index is -0.844. The number of halogens is 2. The Labute approximate surface area is 140 Å². The van der Waals surface area contributed by atoms with Crippen molar-refractivity contribution in [3.8, 4) is 5.75 Å². The van der Waals surface area contributed by atoms with Crippen molar-refractivity contribution in [2.75, 3.05) is 32.8 Å². The number of hydrogen-bond donors (Lipinski definition) is 0. The third-order valence-corrected chi connectivity index (χ3v) is 3.81. The maximum atomic E-state index is 13.5. The Balaban J connectivity index is 1.84. The Morgan fingerprint density at radius 3 is 2.21 bits per heavy atom. The summed E-state index contributed by atoms with van der Waals surface area (Å²) in [5.41, 5.74) is -0.449. The standard InChI is InChI=1S/C17H22F2N2O3/c1-17(2,3)16(23)21-8-6-20(7-9-21)15(22)11-24-14-5-4-12(18)10-13(14)19/h4-5,10H,6-9,11H2,1-3H3. The van der Waals surface area contributed by atoms with Crippen LogP contribution in [0.3, 0.4) is 0 Å². The van der Waals surface area contributed by atoms with Crippen molar-refractivity contribution in [2.24, 2.45) is 5.41 Å². The molecule has 2 amide bonds. The van der Waals surface area contributed by atoms with Crippen LogP contribution in [-0.2, 0) is 9.59 Å². The number of piperazine rings is 1. The van der Waals surface area contributed by atoms with Gasteiger partial charge < -0.3 is 14.5 Å². The normalized spacial score (nSPS) is 15.4. The first-order valence-corrected chi connectivity index (χ1v) is 7.83. The smallest absolute Gasteiger partial charge is 0.260 e. The van der Waals surface area contributed by atoms with Gasteiger partial charge in [-0.1, -0.05) is 20.8 Å². The van der Waals surface area contributed by atoms with E-state index in [-0.39, 0.29) is 24.2 Å². The molecule has 0 bridgehead atoms. The van der Waals surface area contributed by atoms with Crippen LogP contribution >= 0.6 is 0 Å². The van der Waals surface area contributed by atoms with E-state index in [2.05, 4.69) is 0 Å². The van der Waals surface area contributed by atoms with Gasteiger partial charge in [-0.15, -0.1) is 0 Å². The lowest BCUT2D eigenvalue weighted by molar-refractivity contribution is -0.145. The molecule has 1 aliphatic heterocycles. The molecule has 1 aromatic rings. The van der Waals surface area contributed by atoms with E-state index in [0.717, 1.165) is 12.1 Å². The molecule has 1 saturated heterocycles. The van der Waals surface area contributed by atoms with E-state index in [9.17, 15) is 18.4 Å². The first kappa shape index (κ1) is 18.2. The van der Waals surface area contributed by atoms with Gasteiger partial charge in [0.1, 0.15) is 5.82 Å². The number of carbonyl (C=O) groups is 2. The summed E-state index contributed by atoms with van der Waals surface area (Å²) in [6, 6.07) is 2.92. The van der Waals surface area contributed by atoms with Crippen molar-refractivity contribution in [2.45, 2.75) is 20.8 Å². The molecule has 0 atom stereocenters. The third-order valence-electron chi connectivity index (χ3n) is 3.81. The Morgan fingerprint density at radius 1 is 1.08 bits per heavy atom. The van der Waals surface area contributed by atoms with Crippen molar-refractivity contribution < 1.29 is 23.1 Å². The topological polar surface area (TPSA) is 49.9 Å². The molecule has 1 fully saturated rings. The van der Waals surface area contributed by atoms with Crippen molar-refractivity contribution in [1.29, 1.82) is 0 Å². The van der Waals surface area contributed by atoms with Gasteiger partial charge in [0.2, 0.25) is 5.91 Å². The molecule has 0 N–H and O–H groups in total. The monoisotopic (exact) mass is 340 g/mol. The number of ether oxygens (including phenoxy) is 1. The summed E-state index contributed by atoms with van der Waals surface area (Å²) < 4.78 is 31.4. The van der Waals surface area contributed by atoms with Crippen molar-refractivity contribution in [3.63, 3.8) is 0 Å². The van der Waals surface area contributed by atoms with Crippen LogP contribution in [0.25, 0.3) is 0 Å². The zero-order chi connectivity index (χ0) is 17.9. The summed E-state index contributed by atoms with van der Waals surface area (Å²) in [5.74, 6) is -1.94. The highest BCUT2D eigenvalue weighted by atomic mass is 19.1. The van der Waals surface area contributed by atoms with Crippen LogP contribution in [0.4, 0.5) is 8.78 Å². The van der Waals surface area contributed by atoms with E-state index in [4.69, 9.17) is 4.74 Å². The predicted octanol–water partition coefficient (Wildman–Crippen LogP) is 2.06. The lowest BCUT2D eigenvalue weighted by Gasteiger charge is -2.37. The van der Waals surface area contributed by atoms with Crippen LogP contribution < -0.4 is 4.74 Å². The second kappa shape index (κ2) is 7.15. The maximum absolute atomic E-state index is 13.5. The van der Waals surface area contributed by atoms with Gasteiger partial charge in [0.05, 0.1) is 0 Å². The summed E-state index contributed by atoms with van der Waals surface area (Å²) in [5, 5.41) is 0. The van der Waals surface area contributed by atoms with Crippen LogP contribution in [0.15, 0.2) is 18.2 Å². The molecule has 0 unspecified atom stereocenters. The van der Waals surface area contributed by atoms with Gasteiger partial charge in [0, 0.05) is 37.7 Å². The summed E-state index contributed by atoms with van der Waals surface area (Å²) >= 11 is 0. The van der Waals surface area contributed by atoms with E-state index in [1.807, 2.05) is 20.8 Å². The molecule has 1 heterocycles. The van der Waals surface area contributed by atoms with Gasteiger partial charge in [0.15, 0.2) is 18.2 Å². The van der Waals surface area contributed by atoms with Gasteiger partial charge in [-0.05, 0) is 12.1 Å². The largest absolute Gasteiger partial charge is 0.481 e. The highest BCUT2D eigenvalue weighted by molar-refractivity contribution is 5.82. The minimum Gasteiger partial charge on any atom is -0.481 e. The summed E-state index contributed by atoms with van der Waals surface area (Å²) in [6.45, 7) is 7.01. The molecule has 0 saturated carbocycles. The minimum absolute atomic E-state index is 0.0548. The molecule has 7 heteroatoms. The molecule has 1 aliphatic rings. The number of nitrogens with zero attached hydrogens (tertiary/aromatic N) is 2. The Hall–Kier alpha value is -2.18. The summed E-state index contributed by atoms with van der Waals surface area (Å²) in [6.07, 6.45) is 0. The number of benzene rings is 1. The van der Waals surface area contributed by atoms with Crippen LogP contribution in [-0.4, -0.2) is 54.4 Å². The molecule has 0 spiro atoms. The van der Waals surface area contributed by atoms with Crippen molar-refractivity contribution >= 4 is 11.8 Å². The van der Waals surface area contributed by atoms with Gasteiger partial charge >= 0.3 is 0 Å². The van der Waals surface area contributed by atoms with E-state index < -0.39 is 17.0 Å². The molecule has 5 nitrogen and oxygen atoms in total. The van der Waals surface area contributed by atoms with E-state index in [1.165, 1.54) is 0 Å². The fraction of sp³-hybridized carbons (Fsp3) is 0.529. The van der Waals surface area contributed by atoms with Crippen molar-refractivity contribution in [1.82, 2.24) is 9.80 Å². The fourth-order valence-electron chi connectivity index (χ4n) is 2.46. The maximum Gasteiger partial charge on any atom is 0.260 e. The van der Waals surface area contributed by atoms with E-state index in [0.29, 0.717) is 32.2 Å². The summed E-state index contributed by atoms with van der Waals surface area (Å²) in [7, 11) is 0. The zero-order valence-corrected chi connectivity index (χ0v) is 14.1. The van der Waals surface area contributed by atoms with Crippen molar-refractivity contribution in [3.05, 3.63) is 29.8 Å². The number of rotatable bonds is 3. The molecule has 2 rings (SSSR count). The summed E-state index contributed by atoms with van der Waals surface area (Å²) in [4.78, 5) is 27.6. The van der Waals surface area contributed by atoms with Gasteiger partial charge in [-0.2, -0.15) is 0 Å². The number of hydrogen-bond acceptors (Lipinski definition) is 3. The van der Waals surface area contributed by atoms with Crippen LogP contribution in [0.2, 0.25) is 0 Å². The Bertz CT molecular complexity index is 621. The number of carbonyl (C=O) groups excluding carboxylic acids is 2. The fourth-order valence-corrected chi connectivity index (χ4v) is 2.46. The molecule has 0 radical (unpaired) electrons. The first-order chi connectivity index (χ1) is 11.2. The highest BCUT2D eigenvalue weighted by Gasteiger charge is 2.30. The molecule has 132 valence electrons. The predicted molar refractivity (Wildman–Crippen MR) is 84.5 cm³/mol. The zero-order valence-electron chi connectivity index (χ0n) is 14.1. The van der Waals surface area contributed by atoms with Crippen LogP contribution in [0.1, 0.15) is 20.8 Å². The van der Waals surface area contributed by atoms with E-state index >= 15 is 0 Å². The Kier molecular flexibility index (Phi) is 5.41. The van der Waals surface area contributed by atoms with E-state index in [1.54, 1.807) is 9.80 Å². The lowest BCUT2D eigenvalue weighted by Crippen LogP contribution is -2.53. The average molecular weight is 340 g/mol. The Morgan fingerprint density at radius 2 is 1.67 bits per heavy atom. The third kappa shape index (κ3) is 4.43. The quantitative estimate of drug-likeness (QED) is 0.846. The molecular formula is C17H22F2N2O3. The lowest BCUT2D eigenvalue weighted by atomic mass is 9.94. The van der Waals surface area contributed by atoms with Crippen LogP contribution in [0.5, 0.6) is 5.75 Å². The van der Waals surface area contributed by atoms with Gasteiger partial charge in [-0.25, -0.2) is 8.78 Å². The SMILES string of the molecule is CC(C)(C)C(=O)N1CCN(C(=O)COc2ccc(F)cc2F)CC1. The molecule has 1 aromatic carbocycles. The molecular weight excluding hydrogens is 318 g/mol. The number of amides is 2. The second-order valence-electron chi connectivity index (χ2n) is 6.79. The van der Waals surface area contributed by atoms with Crippen LogP contribution in [0, 0.1) is 17.0 Å². The van der Waals surface area contributed by atoms with Gasteiger partial charge in [0.25, 0.3) is 5.91 Å². The molecule has 0 aromatic heterocycles. The van der Waals surface area contributed by atoms with Gasteiger partial charge in [-0.3, -0.25) is 9.59 Å².